The van der Waals surface area contributed by atoms with E-state index in [1.165, 1.54) is 6.07 Å². The molecule has 0 saturated carbocycles. The number of rotatable bonds is 3. The highest BCUT2D eigenvalue weighted by molar-refractivity contribution is 5.96. The Labute approximate surface area is 111 Å². The highest BCUT2D eigenvalue weighted by Gasteiger charge is 2.31. The summed E-state index contributed by atoms with van der Waals surface area (Å²) in [6.45, 7) is 4.57. The van der Waals surface area contributed by atoms with Gasteiger partial charge in [0.15, 0.2) is 5.84 Å². The second-order valence-electron chi connectivity index (χ2n) is 5.40. The van der Waals surface area contributed by atoms with Crippen molar-refractivity contribution in [2.24, 2.45) is 10.9 Å². The average molecular weight is 265 g/mol. The molecule has 1 aliphatic rings. The van der Waals surface area contributed by atoms with E-state index in [0.29, 0.717) is 6.54 Å². The van der Waals surface area contributed by atoms with Crippen LogP contribution in [0.1, 0.15) is 32.3 Å². The van der Waals surface area contributed by atoms with Crippen molar-refractivity contribution in [2.75, 3.05) is 0 Å². The summed E-state index contributed by atoms with van der Waals surface area (Å²) in [5.74, 6) is -0.174. The topological polar surface area (TPSA) is 89.8 Å². The molecule has 6 nitrogen and oxygen atoms in total. The fourth-order valence-electron chi connectivity index (χ4n) is 2.35. The molecule has 1 aromatic rings. The summed E-state index contributed by atoms with van der Waals surface area (Å²) in [4.78, 5) is 12.2. The second kappa shape index (κ2) is 5.05. The molecule has 0 radical (unpaired) electrons. The van der Waals surface area contributed by atoms with Crippen LogP contribution in [-0.4, -0.2) is 27.3 Å². The van der Waals surface area contributed by atoms with Gasteiger partial charge in [-0.25, -0.2) is 0 Å². The molecule has 1 atom stereocenters. The highest BCUT2D eigenvalue weighted by Crippen LogP contribution is 2.29. The van der Waals surface area contributed by atoms with Crippen molar-refractivity contribution in [1.82, 2.24) is 4.57 Å². The van der Waals surface area contributed by atoms with Crippen LogP contribution in [-0.2, 0) is 11.3 Å². The van der Waals surface area contributed by atoms with Crippen molar-refractivity contribution in [1.29, 1.82) is 0 Å². The molecule has 0 aromatic carbocycles. The first kappa shape index (κ1) is 13.6. The molecule has 104 valence electrons. The molecule has 1 aromatic heterocycles. The van der Waals surface area contributed by atoms with E-state index in [1.54, 1.807) is 16.8 Å². The Bertz CT molecular complexity index is 548. The van der Waals surface area contributed by atoms with Gasteiger partial charge < -0.3 is 20.2 Å². The van der Waals surface area contributed by atoms with Gasteiger partial charge in [0, 0.05) is 6.20 Å². The van der Waals surface area contributed by atoms with Gasteiger partial charge in [-0.05, 0) is 38.8 Å². The van der Waals surface area contributed by atoms with Crippen LogP contribution in [0.15, 0.2) is 28.3 Å². The molecule has 19 heavy (non-hydrogen) atoms. The monoisotopic (exact) mass is 265 g/mol. The summed E-state index contributed by atoms with van der Waals surface area (Å²) in [5.41, 5.74) is 5.27. The van der Waals surface area contributed by atoms with Crippen LogP contribution in [0, 0.1) is 0 Å². The maximum Gasteiger partial charge on any atom is 0.261 e. The van der Waals surface area contributed by atoms with Crippen LogP contribution in [0.5, 0.6) is 0 Å². The molecular formula is C13H19N3O3. The van der Waals surface area contributed by atoms with E-state index in [0.717, 1.165) is 12.8 Å². The fourth-order valence-corrected chi connectivity index (χ4v) is 2.35. The van der Waals surface area contributed by atoms with Gasteiger partial charge in [0.05, 0.1) is 23.8 Å². The maximum absolute atomic E-state index is 12.2. The highest BCUT2D eigenvalue weighted by atomic mass is 16.5. The number of oxime groups is 1. The lowest BCUT2D eigenvalue weighted by Gasteiger charge is -2.20. The summed E-state index contributed by atoms with van der Waals surface area (Å²) < 4.78 is 7.40. The molecule has 1 saturated heterocycles. The van der Waals surface area contributed by atoms with E-state index in [9.17, 15) is 4.79 Å². The SMILES string of the molecule is CC1(C)CCC(Cn2cccc(/C(N)=N/O)c2=O)O1. The van der Waals surface area contributed by atoms with E-state index < -0.39 is 0 Å². The zero-order chi connectivity index (χ0) is 14.0. The molecular weight excluding hydrogens is 246 g/mol. The van der Waals surface area contributed by atoms with Gasteiger partial charge in [0.25, 0.3) is 5.56 Å². The zero-order valence-electron chi connectivity index (χ0n) is 11.2. The number of amidine groups is 1. The third kappa shape index (κ3) is 2.96. The average Bonchev–Trinajstić information content (AvgIpc) is 2.70. The van der Waals surface area contributed by atoms with E-state index in [2.05, 4.69) is 5.16 Å². The summed E-state index contributed by atoms with van der Waals surface area (Å²) in [6, 6.07) is 3.24. The van der Waals surface area contributed by atoms with Crippen molar-refractivity contribution in [3.05, 3.63) is 34.2 Å². The Kier molecular flexibility index (Phi) is 3.61. The van der Waals surface area contributed by atoms with Crippen LogP contribution in [0.2, 0.25) is 0 Å². The Balaban J connectivity index is 2.21. The van der Waals surface area contributed by atoms with Crippen LogP contribution in [0.4, 0.5) is 0 Å². The molecule has 0 bridgehead atoms. The fraction of sp³-hybridized carbons (Fsp3) is 0.538. The standard InChI is InChI=1S/C13H19N3O3/c1-13(2)6-5-9(19-13)8-16-7-3-4-10(12(16)17)11(14)15-18/h3-4,7,9,18H,5-6,8H2,1-2H3,(H2,14,15). The summed E-state index contributed by atoms with van der Waals surface area (Å²) in [7, 11) is 0. The number of nitrogens with zero attached hydrogens (tertiary/aromatic N) is 2. The minimum absolute atomic E-state index is 0.0234. The normalized spacial score (nSPS) is 22.6. The number of nitrogens with two attached hydrogens (primary N) is 1. The van der Waals surface area contributed by atoms with Crippen molar-refractivity contribution < 1.29 is 9.94 Å². The van der Waals surface area contributed by atoms with E-state index in [-0.39, 0.29) is 28.7 Å². The van der Waals surface area contributed by atoms with Gasteiger partial charge >= 0.3 is 0 Å². The Hall–Kier alpha value is -1.82. The molecule has 1 unspecified atom stereocenters. The van der Waals surface area contributed by atoms with Crippen LogP contribution >= 0.6 is 0 Å². The van der Waals surface area contributed by atoms with Crippen molar-refractivity contribution in [2.45, 2.75) is 44.9 Å². The minimum atomic E-state index is -0.272. The van der Waals surface area contributed by atoms with Crippen LogP contribution < -0.4 is 11.3 Å². The van der Waals surface area contributed by atoms with Crippen molar-refractivity contribution in [3.63, 3.8) is 0 Å². The molecule has 1 aliphatic heterocycles. The predicted molar refractivity (Wildman–Crippen MR) is 71.4 cm³/mol. The quantitative estimate of drug-likeness (QED) is 0.368. The maximum atomic E-state index is 12.2. The summed E-state index contributed by atoms with van der Waals surface area (Å²) in [6.07, 6.45) is 3.61. The lowest BCUT2D eigenvalue weighted by Crippen LogP contribution is -2.33. The number of ether oxygens (including phenoxy) is 1. The molecule has 6 heteroatoms. The number of hydrogen-bond donors (Lipinski definition) is 2. The number of hydrogen-bond acceptors (Lipinski definition) is 4. The first-order chi connectivity index (χ1) is 8.93. The van der Waals surface area contributed by atoms with Crippen LogP contribution in [0.3, 0.4) is 0 Å². The predicted octanol–water partition coefficient (Wildman–Crippen LogP) is 0.900. The molecule has 0 amide bonds. The Morgan fingerprint density at radius 3 is 3.00 bits per heavy atom. The first-order valence-corrected chi connectivity index (χ1v) is 6.28. The third-order valence-corrected chi connectivity index (χ3v) is 3.36. The minimum Gasteiger partial charge on any atom is -0.409 e. The smallest absolute Gasteiger partial charge is 0.261 e. The van der Waals surface area contributed by atoms with Gasteiger partial charge in [0.1, 0.15) is 0 Å². The van der Waals surface area contributed by atoms with Gasteiger partial charge in [-0.1, -0.05) is 5.16 Å². The molecule has 0 spiro atoms. The molecule has 1 fully saturated rings. The molecule has 2 heterocycles. The first-order valence-electron chi connectivity index (χ1n) is 6.28. The van der Waals surface area contributed by atoms with E-state index >= 15 is 0 Å². The largest absolute Gasteiger partial charge is 0.409 e. The molecule has 2 rings (SSSR count). The van der Waals surface area contributed by atoms with Crippen molar-refractivity contribution >= 4 is 5.84 Å². The summed E-state index contributed by atoms with van der Waals surface area (Å²) >= 11 is 0. The van der Waals surface area contributed by atoms with Gasteiger partial charge in [-0.2, -0.15) is 0 Å². The third-order valence-electron chi connectivity index (χ3n) is 3.36. The summed E-state index contributed by atoms with van der Waals surface area (Å²) in [5, 5.41) is 11.5. The number of pyridine rings is 1. The Morgan fingerprint density at radius 2 is 2.42 bits per heavy atom. The van der Waals surface area contributed by atoms with Crippen molar-refractivity contribution in [3.8, 4) is 0 Å². The number of aromatic nitrogens is 1. The zero-order valence-corrected chi connectivity index (χ0v) is 11.2. The van der Waals surface area contributed by atoms with Crippen LogP contribution in [0.25, 0.3) is 0 Å². The molecule has 0 aliphatic carbocycles. The Morgan fingerprint density at radius 1 is 1.68 bits per heavy atom. The van der Waals surface area contributed by atoms with Gasteiger partial charge in [-0.3, -0.25) is 4.79 Å². The lowest BCUT2D eigenvalue weighted by molar-refractivity contribution is -0.0220. The molecule has 3 N–H and O–H groups in total. The van der Waals surface area contributed by atoms with E-state index in [1.807, 2.05) is 13.8 Å². The van der Waals surface area contributed by atoms with Gasteiger partial charge in [0.2, 0.25) is 0 Å². The van der Waals surface area contributed by atoms with Gasteiger partial charge in [-0.15, -0.1) is 0 Å². The van der Waals surface area contributed by atoms with E-state index in [4.69, 9.17) is 15.7 Å². The second-order valence-corrected chi connectivity index (χ2v) is 5.40. The lowest BCUT2D eigenvalue weighted by atomic mass is 10.1.